The summed E-state index contributed by atoms with van der Waals surface area (Å²) >= 11 is 6.25. The number of rotatable bonds is 10. The van der Waals surface area contributed by atoms with E-state index in [1.807, 2.05) is 42.5 Å². The molecule has 7 nitrogen and oxygen atoms in total. The number of ether oxygens (including phenoxy) is 1. The van der Waals surface area contributed by atoms with Crippen LogP contribution in [0, 0.1) is 6.92 Å². The molecule has 9 heteroatoms. The molecule has 38 heavy (non-hydrogen) atoms. The van der Waals surface area contributed by atoms with E-state index in [1.54, 1.807) is 55.5 Å². The second-order valence-corrected chi connectivity index (χ2v) is 10.6. The molecule has 0 unspecified atom stereocenters. The van der Waals surface area contributed by atoms with Gasteiger partial charge >= 0.3 is 0 Å². The van der Waals surface area contributed by atoms with Crippen molar-refractivity contribution in [2.45, 2.75) is 18.4 Å². The van der Waals surface area contributed by atoms with E-state index in [9.17, 15) is 13.2 Å². The van der Waals surface area contributed by atoms with Crippen molar-refractivity contribution >= 4 is 39.4 Å². The predicted octanol–water partition coefficient (Wildman–Crippen LogP) is 5.57. The van der Waals surface area contributed by atoms with Gasteiger partial charge in [-0.2, -0.15) is 5.10 Å². The Bertz CT molecular complexity index is 1510. The van der Waals surface area contributed by atoms with E-state index < -0.39 is 22.5 Å². The molecule has 0 spiro atoms. The van der Waals surface area contributed by atoms with E-state index in [1.165, 1.54) is 18.3 Å². The van der Waals surface area contributed by atoms with Crippen LogP contribution in [0.15, 0.2) is 113 Å². The van der Waals surface area contributed by atoms with Gasteiger partial charge in [-0.15, -0.1) is 0 Å². The molecule has 0 aliphatic rings. The minimum atomic E-state index is -4.05. The molecule has 0 heterocycles. The maximum atomic E-state index is 13.5. The fraction of sp³-hybridized carbons (Fsp3) is 0.103. The van der Waals surface area contributed by atoms with Gasteiger partial charge < -0.3 is 4.74 Å². The van der Waals surface area contributed by atoms with Gasteiger partial charge in [0.25, 0.3) is 15.9 Å². The van der Waals surface area contributed by atoms with Crippen molar-refractivity contribution in [1.29, 1.82) is 0 Å². The molecule has 0 aliphatic carbocycles. The van der Waals surface area contributed by atoms with Gasteiger partial charge in [-0.1, -0.05) is 66.2 Å². The Hall–Kier alpha value is -4.14. The summed E-state index contributed by atoms with van der Waals surface area (Å²) in [5.74, 6) is 0.0941. The molecule has 4 rings (SSSR count). The highest BCUT2D eigenvalue weighted by molar-refractivity contribution is 7.92. The summed E-state index contributed by atoms with van der Waals surface area (Å²) in [5, 5.41) is 4.39. The molecule has 0 saturated heterocycles. The molecule has 4 aromatic rings. The third kappa shape index (κ3) is 6.79. The lowest BCUT2D eigenvalue weighted by Gasteiger charge is -2.25. The molecule has 4 aromatic carbocycles. The van der Waals surface area contributed by atoms with Crippen LogP contribution in [0.25, 0.3) is 0 Å². The van der Waals surface area contributed by atoms with Gasteiger partial charge in [-0.25, -0.2) is 13.8 Å². The maximum absolute atomic E-state index is 13.5. The highest BCUT2D eigenvalue weighted by atomic mass is 35.5. The second-order valence-electron chi connectivity index (χ2n) is 8.35. The van der Waals surface area contributed by atoms with Gasteiger partial charge in [0, 0.05) is 5.02 Å². The lowest BCUT2D eigenvalue weighted by molar-refractivity contribution is -0.119. The SMILES string of the molecule is Cc1c(Cl)cccc1N(CC(=O)N/N=C\c1ccc(OCc2ccccc2)cc1)S(=O)(=O)c1ccccc1. The number of hydrogen-bond acceptors (Lipinski definition) is 5. The zero-order valence-corrected chi connectivity index (χ0v) is 22.2. The summed E-state index contributed by atoms with van der Waals surface area (Å²) in [6.45, 7) is 1.68. The first-order chi connectivity index (χ1) is 18.3. The Kier molecular flexibility index (Phi) is 8.78. The average Bonchev–Trinajstić information content (AvgIpc) is 2.94. The molecular weight excluding hydrogens is 522 g/mol. The molecule has 0 saturated carbocycles. The van der Waals surface area contributed by atoms with Gasteiger partial charge in [0.2, 0.25) is 0 Å². The molecule has 1 amide bonds. The van der Waals surface area contributed by atoms with Crippen molar-refractivity contribution in [3.8, 4) is 5.75 Å². The smallest absolute Gasteiger partial charge is 0.264 e. The largest absolute Gasteiger partial charge is 0.489 e. The van der Waals surface area contributed by atoms with E-state index in [-0.39, 0.29) is 4.90 Å². The van der Waals surface area contributed by atoms with Crippen LogP contribution in [-0.2, 0) is 21.4 Å². The molecule has 0 bridgehead atoms. The number of carbonyl (C=O) groups excluding carboxylic acids is 1. The molecule has 1 N–H and O–H groups in total. The molecule has 0 radical (unpaired) electrons. The van der Waals surface area contributed by atoms with Crippen LogP contribution in [0.4, 0.5) is 5.69 Å². The zero-order valence-electron chi connectivity index (χ0n) is 20.6. The van der Waals surface area contributed by atoms with E-state index in [2.05, 4.69) is 10.5 Å². The van der Waals surface area contributed by atoms with Crippen LogP contribution >= 0.6 is 11.6 Å². The first-order valence-corrected chi connectivity index (χ1v) is 13.6. The fourth-order valence-electron chi connectivity index (χ4n) is 3.62. The van der Waals surface area contributed by atoms with Crippen LogP contribution in [-0.4, -0.2) is 27.1 Å². The van der Waals surface area contributed by atoms with Crippen molar-refractivity contribution in [2.24, 2.45) is 5.10 Å². The zero-order chi connectivity index (χ0) is 27.0. The van der Waals surface area contributed by atoms with Crippen molar-refractivity contribution in [2.75, 3.05) is 10.8 Å². The van der Waals surface area contributed by atoms with Gasteiger partial charge in [0.15, 0.2) is 0 Å². The van der Waals surface area contributed by atoms with Crippen molar-refractivity contribution < 1.29 is 17.9 Å². The highest BCUT2D eigenvalue weighted by Gasteiger charge is 2.28. The number of anilines is 1. The molecule has 0 fully saturated rings. The number of amides is 1. The van der Waals surface area contributed by atoms with Gasteiger partial charge in [-0.3, -0.25) is 9.10 Å². The Morgan fingerprint density at radius 1 is 0.921 bits per heavy atom. The Labute approximate surface area is 227 Å². The van der Waals surface area contributed by atoms with Gasteiger partial charge in [0.1, 0.15) is 18.9 Å². The van der Waals surface area contributed by atoms with Crippen LogP contribution in [0.2, 0.25) is 5.02 Å². The minimum absolute atomic E-state index is 0.0604. The fourth-order valence-corrected chi connectivity index (χ4v) is 5.29. The summed E-state index contributed by atoms with van der Waals surface area (Å²) < 4.78 is 33.7. The average molecular weight is 548 g/mol. The number of sulfonamides is 1. The second kappa shape index (κ2) is 12.4. The van der Waals surface area contributed by atoms with E-state index in [4.69, 9.17) is 16.3 Å². The summed E-state index contributed by atoms with van der Waals surface area (Å²) in [5.41, 5.74) is 5.06. The molecule has 0 atom stereocenters. The Balaban J connectivity index is 1.43. The van der Waals surface area contributed by atoms with Crippen molar-refractivity contribution in [3.63, 3.8) is 0 Å². The summed E-state index contributed by atoms with van der Waals surface area (Å²) in [7, 11) is -4.05. The number of benzene rings is 4. The highest BCUT2D eigenvalue weighted by Crippen LogP contribution is 2.30. The van der Waals surface area contributed by atoms with Crippen LogP contribution in [0.5, 0.6) is 5.75 Å². The monoisotopic (exact) mass is 547 g/mol. The number of halogens is 1. The lowest BCUT2D eigenvalue weighted by atomic mass is 10.2. The molecule has 0 aliphatic heterocycles. The Morgan fingerprint density at radius 2 is 1.58 bits per heavy atom. The standard InChI is InChI=1S/C29H26ClN3O4S/c1-22-27(30)13-8-14-28(22)33(38(35,36)26-11-6-3-7-12-26)20-29(34)32-31-19-23-15-17-25(18-16-23)37-21-24-9-4-2-5-10-24/h2-19H,20-21H2,1H3,(H,32,34)/b31-19-. The van der Waals surface area contributed by atoms with Crippen LogP contribution in [0.3, 0.4) is 0 Å². The first kappa shape index (κ1) is 26.9. The van der Waals surface area contributed by atoms with E-state index in [0.29, 0.717) is 28.6 Å². The summed E-state index contributed by atoms with van der Waals surface area (Å²) in [4.78, 5) is 12.8. The minimum Gasteiger partial charge on any atom is -0.489 e. The lowest BCUT2D eigenvalue weighted by Crippen LogP contribution is -2.40. The van der Waals surface area contributed by atoms with Crippen molar-refractivity contribution in [3.05, 3.63) is 125 Å². The van der Waals surface area contributed by atoms with Gasteiger partial charge in [0.05, 0.1) is 16.8 Å². The Morgan fingerprint density at radius 3 is 2.26 bits per heavy atom. The van der Waals surface area contributed by atoms with E-state index >= 15 is 0 Å². The molecular formula is C29H26ClN3O4S. The predicted molar refractivity (Wildman–Crippen MR) is 150 cm³/mol. The number of nitrogens with zero attached hydrogens (tertiary/aromatic N) is 2. The number of hydrogen-bond donors (Lipinski definition) is 1. The van der Waals surface area contributed by atoms with Crippen LogP contribution in [0.1, 0.15) is 16.7 Å². The first-order valence-electron chi connectivity index (χ1n) is 11.8. The topological polar surface area (TPSA) is 88.1 Å². The normalized spacial score (nSPS) is 11.3. The summed E-state index contributed by atoms with van der Waals surface area (Å²) in [6.07, 6.45) is 1.47. The molecule has 0 aromatic heterocycles. The van der Waals surface area contributed by atoms with Gasteiger partial charge in [-0.05, 0) is 72.1 Å². The van der Waals surface area contributed by atoms with Crippen LogP contribution < -0.4 is 14.5 Å². The summed E-state index contributed by atoms with van der Waals surface area (Å²) in [6, 6.07) is 29.9. The van der Waals surface area contributed by atoms with E-state index in [0.717, 1.165) is 15.4 Å². The third-order valence-corrected chi connectivity index (χ3v) is 7.84. The maximum Gasteiger partial charge on any atom is 0.264 e. The third-order valence-electron chi connectivity index (χ3n) is 5.66. The van der Waals surface area contributed by atoms with Crippen molar-refractivity contribution in [1.82, 2.24) is 5.43 Å². The quantitative estimate of drug-likeness (QED) is 0.207. The molecule has 194 valence electrons. The number of carbonyl (C=O) groups is 1. The number of nitrogens with one attached hydrogen (secondary N) is 1. The number of hydrazone groups is 1.